The third-order valence-electron chi connectivity index (χ3n) is 2.69. The third-order valence-corrected chi connectivity index (χ3v) is 4.00. The SMILES string of the molecule is CCc1ccc(Sc2ccc(Cl)c(OC)c2)cc1. The van der Waals surface area contributed by atoms with Gasteiger partial charge in [0.2, 0.25) is 0 Å². The highest BCUT2D eigenvalue weighted by atomic mass is 35.5. The van der Waals surface area contributed by atoms with Crippen molar-refractivity contribution in [3.8, 4) is 5.75 Å². The Morgan fingerprint density at radius 1 is 1.06 bits per heavy atom. The molecule has 0 N–H and O–H groups in total. The van der Waals surface area contributed by atoms with Crippen molar-refractivity contribution in [2.75, 3.05) is 7.11 Å². The standard InChI is InChI=1S/C15H15ClOS/c1-3-11-4-6-12(7-5-11)18-13-8-9-14(16)15(10-13)17-2/h4-10H,3H2,1-2H3. The Morgan fingerprint density at radius 3 is 2.33 bits per heavy atom. The molecule has 2 aromatic carbocycles. The summed E-state index contributed by atoms with van der Waals surface area (Å²) >= 11 is 7.71. The van der Waals surface area contributed by atoms with Crippen LogP contribution >= 0.6 is 23.4 Å². The van der Waals surface area contributed by atoms with Crippen LogP contribution in [0, 0.1) is 0 Å². The van der Waals surface area contributed by atoms with Crippen LogP contribution in [0.3, 0.4) is 0 Å². The zero-order valence-corrected chi connectivity index (χ0v) is 12.0. The lowest BCUT2D eigenvalue weighted by Gasteiger charge is -2.06. The number of aryl methyl sites for hydroxylation is 1. The van der Waals surface area contributed by atoms with E-state index in [-0.39, 0.29) is 0 Å². The first kappa shape index (κ1) is 13.3. The van der Waals surface area contributed by atoms with Crippen molar-refractivity contribution in [1.82, 2.24) is 0 Å². The van der Waals surface area contributed by atoms with Crippen LogP contribution in [0.15, 0.2) is 52.3 Å². The lowest BCUT2D eigenvalue weighted by Crippen LogP contribution is -1.84. The minimum atomic E-state index is 0.642. The zero-order chi connectivity index (χ0) is 13.0. The predicted molar refractivity (Wildman–Crippen MR) is 77.9 cm³/mol. The summed E-state index contributed by atoms with van der Waals surface area (Å²) in [5.74, 6) is 0.715. The first-order valence-electron chi connectivity index (χ1n) is 5.83. The molecular formula is C15H15ClOS. The van der Waals surface area contributed by atoms with Gasteiger partial charge in [0.1, 0.15) is 5.75 Å². The summed E-state index contributed by atoms with van der Waals surface area (Å²) in [5, 5.41) is 0.642. The molecule has 94 valence electrons. The topological polar surface area (TPSA) is 9.23 Å². The molecule has 0 heterocycles. The van der Waals surface area contributed by atoms with Gasteiger partial charge in [-0.3, -0.25) is 0 Å². The number of hydrogen-bond donors (Lipinski definition) is 0. The molecule has 0 fully saturated rings. The Kier molecular flexibility index (Phi) is 4.56. The highest BCUT2D eigenvalue weighted by molar-refractivity contribution is 7.99. The van der Waals surface area contributed by atoms with Gasteiger partial charge >= 0.3 is 0 Å². The van der Waals surface area contributed by atoms with Gasteiger partial charge in [-0.25, -0.2) is 0 Å². The monoisotopic (exact) mass is 278 g/mol. The van der Waals surface area contributed by atoms with E-state index in [2.05, 4.69) is 31.2 Å². The maximum absolute atomic E-state index is 6.00. The summed E-state index contributed by atoms with van der Waals surface area (Å²) in [7, 11) is 1.63. The number of methoxy groups -OCH3 is 1. The van der Waals surface area contributed by atoms with E-state index in [4.69, 9.17) is 16.3 Å². The summed E-state index contributed by atoms with van der Waals surface area (Å²) in [5.41, 5.74) is 1.35. The van der Waals surface area contributed by atoms with Crippen molar-refractivity contribution >= 4 is 23.4 Å². The van der Waals surface area contributed by atoms with Crippen molar-refractivity contribution in [2.45, 2.75) is 23.1 Å². The quantitative estimate of drug-likeness (QED) is 0.773. The van der Waals surface area contributed by atoms with Crippen LogP contribution in [0.2, 0.25) is 5.02 Å². The Labute approximate surface area is 117 Å². The van der Waals surface area contributed by atoms with Gasteiger partial charge in [-0.1, -0.05) is 42.4 Å². The number of ether oxygens (including phenoxy) is 1. The Bertz CT molecular complexity index is 523. The van der Waals surface area contributed by atoms with Gasteiger partial charge in [0.15, 0.2) is 0 Å². The molecule has 0 aromatic heterocycles. The molecule has 0 atom stereocenters. The molecule has 2 rings (SSSR count). The van der Waals surface area contributed by atoms with Gasteiger partial charge < -0.3 is 4.74 Å². The molecule has 0 aliphatic carbocycles. The second kappa shape index (κ2) is 6.17. The summed E-state index contributed by atoms with van der Waals surface area (Å²) in [6, 6.07) is 14.4. The summed E-state index contributed by atoms with van der Waals surface area (Å²) < 4.78 is 5.21. The first-order valence-corrected chi connectivity index (χ1v) is 7.02. The van der Waals surface area contributed by atoms with E-state index in [1.54, 1.807) is 18.9 Å². The summed E-state index contributed by atoms with van der Waals surface area (Å²) in [4.78, 5) is 2.34. The molecule has 0 aliphatic heterocycles. The fourth-order valence-corrected chi connectivity index (χ4v) is 2.67. The van der Waals surface area contributed by atoms with Crippen LogP contribution in [0.25, 0.3) is 0 Å². The first-order chi connectivity index (χ1) is 8.72. The molecule has 0 spiro atoms. The van der Waals surface area contributed by atoms with E-state index in [1.165, 1.54) is 10.5 Å². The molecule has 0 bridgehead atoms. The minimum Gasteiger partial charge on any atom is -0.495 e. The van der Waals surface area contributed by atoms with E-state index in [0.29, 0.717) is 10.8 Å². The minimum absolute atomic E-state index is 0.642. The molecule has 0 aliphatic rings. The maximum atomic E-state index is 6.00. The van der Waals surface area contributed by atoms with Crippen molar-refractivity contribution in [3.63, 3.8) is 0 Å². The Morgan fingerprint density at radius 2 is 1.72 bits per heavy atom. The molecule has 3 heteroatoms. The van der Waals surface area contributed by atoms with Crippen LogP contribution in [0.5, 0.6) is 5.75 Å². The van der Waals surface area contributed by atoms with Crippen molar-refractivity contribution < 1.29 is 4.74 Å². The van der Waals surface area contributed by atoms with Gasteiger partial charge in [-0.15, -0.1) is 0 Å². The van der Waals surface area contributed by atoms with E-state index < -0.39 is 0 Å². The predicted octanol–water partition coefficient (Wildman–Crippen LogP) is 5.06. The maximum Gasteiger partial charge on any atom is 0.138 e. The van der Waals surface area contributed by atoms with Crippen molar-refractivity contribution in [3.05, 3.63) is 53.1 Å². The molecule has 18 heavy (non-hydrogen) atoms. The molecule has 2 aromatic rings. The normalized spacial score (nSPS) is 10.4. The van der Waals surface area contributed by atoms with Crippen LogP contribution < -0.4 is 4.74 Å². The van der Waals surface area contributed by atoms with Crippen molar-refractivity contribution in [2.24, 2.45) is 0 Å². The Balaban J connectivity index is 2.17. The van der Waals surface area contributed by atoms with Gasteiger partial charge in [-0.05, 0) is 42.3 Å². The molecule has 0 unspecified atom stereocenters. The number of benzene rings is 2. The number of halogens is 1. The van der Waals surface area contributed by atoms with Crippen LogP contribution in [-0.4, -0.2) is 7.11 Å². The lowest BCUT2D eigenvalue weighted by atomic mass is 10.2. The summed E-state index contributed by atoms with van der Waals surface area (Å²) in [6.45, 7) is 2.16. The van der Waals surface area contributed by atoms with Gasteiger partial charge in [0, 0.05) is 9.79 Å². The Hall–Kier alpha value is -1.12. The van der Waals surface area contributed by atoms with Crippen LogP contribution in [0.1, 0.15) is 12.5 Å². The smallest absolute Gasteiger partial charge is 0.138 e. The lowest BCUT2D eigenvalue weighted by molar-refractivity contribution is 0.414. The molecule has 0 amide bonds. The zero-order valence-electron chi connectivity index (χ0n) is 10.4. The average molecular weight is 279 g/mol. The molecule has 0 radical (unpaired) electrons. The van der Waals surface area contributed by atoms with Gasteiger partial charge in [0.05, 0.1) is 12.1 Å². The van der Waals surface area contributed by atoms with Gasteiger partial charge in [0.25, 0.3) is 0 Å². The second-order valence-corrected chi connectivity index (χ2v) is 5.45. The van der Waals surface area contributed by atoms with Gasteiger partial charge in [-0.2, -0.15) is 0 Å². The fourth-order valence-electron chi connectivity index (χ4n) is 1.63. The number of rotatable bonds is 4. The second-order valence-electron chi connectivity index (χ2n) is 3.90. The molecule has 1 nitrogen and oxygen atoms in total. The molecule has 0 saturated heterocycles. The molecule has 0 saturated carbocycles. The highest BCUT2D eigenvalue weighted by Crippen LogP contribution is 2.33. The van der Waals surface area contributed by atoms with E-state index >= 15 is 0 Å². The third kappa shape index (κ3) is 3.21. The van der Waals surface area contributed by atoms with Crippen LogP contribution in [0.4, 0.5) is 0 Å². The highest BCUT2D eigenvalue weighted by Gasteiger charge is 2.03. The van der Waals surface area contributed by atoms with E-state index in [9.17, 15) is 0 Å². The number of hydrogen-bond acceptors (Lipinski definition) is 2. The molecular weight excluding hydrogens is 264 g/mol. The largest absolute Gasteiger partial charge is 0.495 e. The van der Waals surface area contributed by atoms with E-state index in [0.717, 1.165) is 11.3 Å². The average Bonchev–Trinajstić information content (AvgIpc) is 2.42. The van der Waals surface area contributed by atoms with E-state index in [1.807, 2.05) is 18.2 Å². The van der Waals surface area contributed by atoms with Crippen molar-refractivity contribution in [1.29, 1.82) is 0 Å². The van der Waals surface area contributed by atoms with Crippen LogP contribution in [-0.2, 0) is 6.42 Å². The fraction of sp³-hybridized carbons (Fsp3) is 0.200. The summed E-state index contributed by atoms with van der Waals surface area (Å²) in [6.07, 6.45) is 1.07.